The third-order valence-electron chi connectivity index (χ3n) is 6.57. The van der Waals surface area contributed by atoms with Crippen molar-refractivity contribution in [3.8, 4) is 0 Å². The lowest BCUT2D eigenvalue weighted by atomic mass is 10.0. The van der Waals surface area contributed by atoms with Crippen molar-refractivity contribution in [2.24, 2.45) is 0 Å². The van der Waals surface area contributed by atoms with Crippen molar-refractivity contribution in [3.05, 3.63) is 0 Å². The number of hydrogen-bond donors (Lipinski definition) is 0. The van der Waals surface area contributed by atoms with Gasteiger partial charge in [0.2, 0.25) is 0 Å². The summed E-state index contributed by atoms with van der Waals surface area (Å²) in [5, 5.41) is 0. The third kappa shape index (κ3) is 29.4. The van der Waals surface area contributed by atoms with Crippen molar-refractivity contribution < 1.29 is 14.3 Å². The molecule has 0 N–H and O–H groups in total. The molecule has 0 aromatic rings. The van der Waals surface area contributed by atoms with E-state index in [1.54, 1.807) is 0 Å². The van der Waals surface area contributed by atoms with E-state index in [0.717, 1.165) is 32.5 Å². The highest BCUT2D eigenvalue weighted by molar-refractivity contribution is 5.69. The predicted molar refractivity (Wildman–Crippen MR) is 144 cm³/mol. The maximum Gasteiger partial charge on any atom is 0.305 e. The van der Waals surface area contributed by atoms with Crippen LogP contribution in [0.25, 0.3) is 0 Å². The summed E-state index contributed by atoms with van der Waals surface area (Å²) in [4.78, 5) is 11.5. The number of unbranched alkanes of at least 4 members (excludes halogenated alkanes) is 20. The number of rotatable bonds is 28. The van der Waals surface area contributed by atoms with Crippen LogP contribution in [0.15, 0.2) is 0 Å². The molecule has 0 bridgehead atoms. The van der Waals surface area contributed by atoms with Crippen LogP contribution in [-0.2, 0) is 14.3 Å². The van der Waals surface area contributed by atoms with Crippen LogP contribution in [0, 0.1) is 0 Å². The van der Waals surface area contributed by atoms with Crippen LogP contribution in [-0.4, -0.2) is 25.8 Å². The van der Waals surface area contributed by atoms with Crippen LogP contribution in [0.1, 0.15) is 168 Å². The SMILES string of the molecule is CCCCCCCCOCCCCCCCCCCCCCCCCCC(=O)OCCCC. The highest BCUT2D eigenvalue weighted by Crippen LogP contribution is 2.14. The van der Waals surface area contributed by atoms with Crippen molar-refractivity contribution in [2.75, 3.05) is 19.8 Å². The molecule has 0 fully saturated rings. The van der Waals surface area contributed by atoms with Crippen molar-refractivity contribution in [1.82, 2.24) is 0 Å². The summed E-state index contributed by atoms with van der Waals surface area (Å²) in [6.07, 6.45) is 30.8. The molecule has 0 unspecified atom stereocenters. The molecule has 0 amide bonds. The summed E-state index contributed by atoms with van der Waals surface area (Å²) in [6, 6.07) is 0. The average molecular weight is 469 g/mol. The zero-order chi connectivity index (χ0) is 24.1. The predicted octanol–water partition coefficient (Wildman–Crippen LogP) is 9.95. The van der Waals surface area contributed by atoms with E-state index in [0.29, 0.717) is 13.0 Å². The lowest BCUT2D eigenvalue weighted by molar-refractivity contribution is -0.143. The summed E-state index contributed by atoms with van der Waals surface area (Å²) >= 11 is 0. The van der Waals surface area contributed by atoms with E-state index in [4.69, 9.17) is 9.47 Å². The minimum Gasteiger partial charge on any atom is -0.466 e. The van der Waals surface area contributed by atoms with Crippen molar-refractivity contribution in [2.45, 2.75) is 168 Å². The summed E-state index contributed by atoms with van der Waals surface area (Å²) in [6.45, 7) is 6.94. The van der Waals surface area contributed by atoms with Gasteiger partial charge in [-0.25, -0.2) is 0 Å². The van der Waals surface area contributed by atoms with Crippen LogP contribution >= 0.6 is 0 Å². The number of esters is 1. The largest absolute Gasteiger partial charge is 0.466 e. The van der Waals surface area contributed by atoms with E-state index in [2.05, 4.69) is 13.8 Å². The second-order valence-electron chi connectivity index (χ2n) is 10.0. The van der Waals surface area contributed by atoms with Crippen LogP contribution in [0.3, 0.4) is 0 Å². The Morgan fingerprint density at radius 2 is 0.788 bits per heavy atom. The Kier molecular flexibility index (Phi) is 29.0. The summed E-state index contributed by atoms with van der Waals surface area (Å²) in [5.74, 6) is -0.00345. The molecule has 0 aromatic carbocycles. The molecule has 0 aliphatic heterocycles. The molecule has 3 heteroatoms. The van der Waals surface area contributed by atoms with Gasteiger partial charge in [0.15, 0.2) is 0 Å². The van der Waals surface area contributed by atoms with Gasteiger partial charge in [-0.15, -0.1) is 0 Å². The highest BCUT2D eigenvalue weighted by Gasteiger charge is 2.02. The standard InChI is InChI=1S/C30H60O3/c1-3-5-7-8-21-24-27-32-28-25-22-19-17-15-13-11-9-10-12-14-16-18-20-23-26-30(31)33-29-6-4-2/h3-29H2,1-2H3. The third-order valence-corrected chi connectivity index (χ3v) is 6.57. The van der Waals surface area contributed by atoms with Gasteiger partial charge in [0.25, 0.3) is 0 Å². The lowest BCUT2D eigenvalue weighted by Crippen LogP contribution is -2.05. The number of carbonyl (C=O) groups excluding carboxylic acids is 1. The molecule has 0 aromatic heterocycles. The Balaban J connectivity index is 3.06. The first-order valence-electron chi connectivity index (χ1n) is 15.0. The lowest BCUT2D eigenvalue weighted by Gasteiger charge is -2.05. The second-order valence-corrected chi connectivity index (χ2v) is 10.0. The highest BCUT2D eigenvalue weighted by atomic mass is 16.5. The van der Waals surface area contributed by atoms with Crippen LogP contribution in [0.5, 0.6) is 0 Å². The fraction of sp³-hybridized carbons (Fsp3) is 0.967. The van der Waals surface area contributed by atoms with E-state index >= 15 is 0 Å². The van der Waals surface area contributed by atoms with Gasteiger partial charge in [-0.2, -0.15) is 0 Å². The van der Waals surface area contributed by atoms with Gasteiger partial charge in [-0.05, 0) is 25.7 Å². The quantitative estimate of drug-likeness (QED) is 0.0846. The van der Waals surface area contributed by atoms with Gasteiger partial charge in [0, 0.05) is 19.6 Å². The van der Waals surface area contributed by atoms with Gasteiger partial charge in [-0.1, -0.05) is 136 Å². The molecule has 0 radical (unpaired) electrons. The maximum absolute atomic E-state index is 11.5. The number of ether oxygens (including phenoxy) is 2. The van der Waals surface area contributed by atoms with E-state index < -0.39 is 0 Å². The number of hydrogen-bond acceptors (Lipinski definition) is 3. The normalized spacial score (nSPS) is 11.2. The van der Waals surface area contributed by atoms with Gasteiger partial charge >= 0.3 is 5.97 Å². The second kappa shape index (κ2) is 29.5. The Morgan fingerprint density at radius 3 is 1.21 bits per heavy atom. The first-order valence-corrected chi connectivity index (χ1v) is 15.0. The first-order chi connectivity index (χ1) is 16.3. The van der Waals surface area contributed by atoms with Crippen molar-refractivity contribution >= 4 is 5.97 Å². The average Bonchev–Trinajstić information content (AvgIpc) is 2.82. The van der Waals surface area contributed by atoms with E-state index in [1.165, 1.54) is 128 Å². The molecule has 3 nitrogen and oxygen atoms in total. The first kappa shape index (κ1) is 32.4. The van der Waals surface area contributed by atoms with Crippen LogP contribution in [0.4, 0.5) is 0 Å². The van der Waals surface area contributed by atoms with Gasteiger partial charge in [0.05, 0.1) is 6.61 Å². The van der Waals surface area contributed by atoms with Gasteiger partial charge in [-0.3, -0.25) is 4.79 Å². The Hall–Kier alpha value is -0.570. The summed E-state index contributed by atoms with van der Waals surface area (Å²) in [7, 11) is 0. The molecule has 0 saturated carbocycles. The monoisotopic (exact) mass is 468 g/mol. The Morgan fingerprint density at radius 1 is 0.424 bits per heavy atom. The van der Waals surface area contributed by atoms with Crippen molar-refractivity contribution in [1.29, 1.82) is 0 Å². The molecule has 0 aliphatic carbocycles. The molecule has 0 saturated heterocycles. The van der Waals surface area contributed by atoms with Gasteiger partial charge in [0.1, 0.15) is 0 Å². The van der Waals surface area contributed by atoms with E-state index in [9.17, 15) is 4.79 Å². The van der Waals surface area contributed by atoms with E-state index in [1.807, 2.05) is 0 Å². The van der Waals surface area contributed by atoms with Crippen LogP contribution < -0.4 is 0 Å². The molecular weight excluding hydrogens is 408 g/mol. The van der Waals surface area contributed by atoms with Crippen molar-refractivity contribution in [3.63, 3.8) is 0 Å². The topological polar surface area (TPSA) is 35.5 Å². The maximum atomic E-state index is 11.5. The Labute approximate surface area is 208 Å². The summed E-state index contributed by atoms with van der Waals surface area (Å²) in [5.41, 5.74) is 0. The molecule has 198 valence electrons. The summed E-state index contributed by atoms with van der Waals surface area (Å²) < 4.78 is 11.0. The minimum absolute atomic E-state index is 0.00345. The smallest absolute Gasteiger partial charge is 0.305 e. The molecule has 0 atom stereocenters. The molecular formula is C30H60O3. The van der Waals surface area contributed by atoms with Gasteiger partial charge < -0.3 is 9.47 Å². The molecule has 0 heterocycles. The zero-order valence-electron chi connectivity index (χ0n) is 22.8. The molecule has 0 spiro atoms. The zero-order valence-corrected chi connectivity index (χ0v) is 22.8. The molecule has 0 aliphatic rings. The fourth-order valence-electron chi connectivity index (χ4n) is 4.26. The molecule has 33 heavy (non-hydrogen) atoms. The minimum atomic E-state index is -0.00345. The van der Waals surface area contributed by atoms with Crippen LogP contribution in [0.2, 0.25) is 0 Å². The Bertz CT molecular complexity index is 370. The fourth-order valence-corrected chi connectivity index (χ4v) is 4.26. The molecule has 0 rings (SSSR count). The van der Waals surface area contributed by atoms with E-state index in [-0.39, 0.29) is 5.97 Å². The number of carbonyl (C=O) groups is 1.